The van der Waals surface area contributed by atoms with E-state index in [1.165, 1.54) is 37.3 Å². The van der Waals surface area contributed by atoms with Crippen molar-refractivity contribution in [2.75, 3.05) is 6.54 Å². The second kappa shape index (κ2) is 9.83. The van der Waals surface area contributed by atoms with Gasteiger partial charge in [-0.2, -0.15) is 0 Å². The lowest BCUT2D eigenvalue weighted by molar-refractivity contribution is -0.127. The Hall–Kier alpha value is -2.72. The van der Waals surface area contributed by atoms with E-state index in [0.717, 1.165) is 0 Å². The summed E-state index contributed by atoms with van der Waals surface area (Å²) in [5.74, 6) is -1.61. The molecule has 9 nitrogen and oxygen atoms in total. The van der Waals surface area contributed by atoms with Gasteiger partial charge in [0.05, 0.1) is 10.5 Å². The number of benzene rings is 1. The standard InChI is InChI=1S/C17H23N3O6S/c1-5-10-18-27(24,25)14-8-6-13(7-9-14)16(22)26-12(4)15(21)20-17(23)19-11(2)3/h5-9,11-12,18H,1,10H2,2-4H3,(H2,19,20,21,23)/t12-/m1/s1. The van der Waals surface area contributed by atoms with Crippen molar-refractivity contribution in [3.8, 4) is 0 Å². The Balaban J connectivity index is 2.70. The molecule has 0 heterocycles. The number of urea groups is 1. The molecule has 0 spiro atoms. The molecule has 1 aromatic carbocycles. The van der Waals surface area contributed by atoms with Crippen LogP contribution in [0.25, 0.3) is 0 Å². The first kappa shape index (κ1) is 22.3. The topological polar surface area (TPSA) is 131 Å². The predicted molar refractivity (Wildman–Crippen MR) is 98.5 cm³/mol. The molecule has 1 aromatic rings. The van der Waals surface area contributed by atoms with Gasteiger partial charge in [-0.3, -0.25) is 10.1 Å². The maximum absolute atomic E-state index is 12.1. The van der Waals surface area contributed by atoms with E-state index >= 15 is 0 Å². The molecule has 0 aromatic heterocycles. The van der Waals surface area contributed by atoms with Crippen molar-refractivity contribution in [2.24, 2.45) is 0 Å². The molecule has 0 aliphatic rings. The summed E-state index contributed by atoms with van der Waals surface area (Å²) >= 11 is 0. The third kappa shape index (κ3) is 7.19. The van der Waals surface area contributed by atoms with E-state index in [0.29, 0.717) is 0 Å². The highest BCUT2D eigenvalue weighted by Gasteiger charge is 2.21. The van der Waals surface area contributed by atoms with E-state index in [1.54, 1.807) is 13.8 Å². The largest absolute Gasteiger partial charge is 0.449 e. The van der Waals surface area contributed by atoms with Crippen LogP contribution < -0.4 is 15.4 Å². The Morgan fingerprint density at radius 2 is 1.74 bits per heavy atom. The second-order valence-corrected chi connectivity index (χ2v) is 7.60. The molecule has 0 bridgehead atoms. The number of imide groups is 1. The lowest BCUT2D eigenvalue weighted by Crippen LogP contribution is -2.46. The minimum Gasteiger partial charge on any atom is -0.449 e. The van der Waals surface area contributed by atoms with Crippen LogP contribution in [0.5, 0.6) is 0 Å². The normalized spacial score (nSPS) is 12.1. The van der Waals surface area contributed by atoms with Gasteiger partial charge in [0, 0.05) is 12.6 Å². The molecule has 3 N–H and O–H groups in total. The van der Waals surface area contributed by atoms with Crippen LogP contribution in [0.15, 0.2) is 41.8 Å². The molecule has 0 aliphatic heterocycles. The summed E-state index contributed by atoms with van der Waals surface area (Å²) in [6.45, 7) is 8.26. The van der Waals surface area contributed by atoms with Crippen molar-refractivity contribution in [3.05, 3.63) is 42.5 Å². The fraction of sp³-hybridized carbons (Fsp3) is 0.353. The van der Waals surface area contributed by atoms with Crippen LogP contribution in [0, 0.1) is 0 Å². The van der Waals surface area contributed by atoms with E-state index in [2.05, 4.69) is 21.9 Å². The first-order valence-corrected chi connectivity index (χ1v) is 9.58. The predicted octanol–water partition coefficient (Wildman–Crippen LogP) is 0.930. The molecular weight excluding hydrogens is 374 g/mol. The number of carbonyl (C=O) groups excluding carboxylic acids is 3. The zero-order valence-electron chi connectivity index (χ0n) is 15.3. The van der Waals surface area contributed by atoms with Gasteiger partial charge in [0.1, 0.15) is 0 Å². The minimum atomic E-state index is -3.71. The van der Waals surface area contributed by atoms with Crippen LogP contribution in [0.2, 0.25) is 0 Å². The van der Waals surface area contributed by atoms with Crippen molar-refractivity contribution in [1.29, 1.82) is 0 Å². The first-order valence-electron chi connectivity index (χ1n) is 8.09. The van der Waals surface area contributed by atoms with Crippen molar-refractivity contribution in [1.82, 2.24) is 15.4 Å². The highest BCUT2D eigenvalue weighted by molar-refractivity contribution is 7.89. The molecular formula is C17H23N3O6S. The van der Waals surface area contributed by atoms with Crippen molar-refractivity contribution >= 4 is 27.9 Å². The quantitative estimate of drug-likeness (QED) is 0.442. The lowest BCUT2D eigenvalue weighted by Gasteiger charge is -2.14. The molecule has 0 unspecified atom stereocenters. The Morgan fingerprint density at radius 3 is 2.26 bits per heavy atom. The molecule has 10 heteroatoms. The van der Waals surface area contributed by atoms with E-state index in [-0.39, 0.29) is 23.0 Å². The number of hydrogen-bond donors (Lipinski definition) is 3. The molecule has 148 valence electrons. The Morgan fingerprint density at radius 1 is 1.15 bits per heavy atom. The van der Waals surface area contributed by atoms with E-state index in [1.807, 2.05) is 0 Å². The molecule has 0 fully saturated rings. The fourth-order valence-electron chi connectivity index (χ4n) is 1.82. The highest BCUT2D eigenvalue weighted by Crippen LogP contribution is 2.12. The SMILES string of the molecule is C=CCNS(=O)(=O)c1ccc(C(=O)O[C@H](C)C(=O)NC(=O)NC(C)C)cc1. The van der Waals surface area contributed by atoms with Gasteiger partial charge in [0.15, 0.2) is 6.10 Å². The number of nitrogens with one attached hydrogen (secondary N) is 3. The monoisotopic (exact) mass is 397 g/mol. The lowest BCUT2D eigenvalue weighted by atomic mass is 10.2. The number of hydrogen-bond acceptors (Lipinski definition) is 6. The number of rotatable bonds is 8. The van der Waals surface area contributed by atoms with Gasteiger partial charge in [0.25, 0.3) is 5.91 Å². The first-order chi connectivity index (χ1) is 12.6. The van der Waals surface area contributed by atoms with E-state index in [4.69, 9.17) is 4.74 Å². The zero-order valence-corrected chi connectivity index (χ0v) is 16.1. The average Bonchev–Trinajstić information content (AvgIpc) is 2.59. The second-order valence-electron chi connectivity index (χ2n) is 5.83. The molecule has 1 atom stereocenters. The van der Waals surface area contributed by atoms with Crippen LogP contribution in [0.1, 0.15) is 31.1 Å². The van der Waals surface area contributed by atoms with Crippen LogP contribution in [-0.4, -0.2) is 45.0 Å². The number of ether oxygens (including phenoxy) is 1. The molecule has 0 saturated carbocycles. The number of sulfonamides is 1. The Labute approximate surface area is 158 Å². The summed E-state index contributed by atoms with van der Waals surface area (Å²) in [6, 6.07) is 4.15. The highest BCUT2D eigenvalue weighted by atomic mass is 32.2. The molecule has 0 aliphatic carbocycles. The number of carbonyl (C=O) groups is 3. The van der Waals surface area contributed by atoms with Gasteiger partial charge in [0.2, 0.25) is 10.0 Å². The van der Waals surface area contributed by atoms with Gasteiger partial charge in [-0.25, -0.2) is 22.7 Å². The third-order valence-electron chi connectivity index (χ3n) is 3.13. The Kier molecular flexibility index (Phi) is 8.13. The van der Waals surface area contributed by atoms with Crippen LogP contribution in [0.4, 0.5) is 4.79 Å². The van der Waals surface area contributed by atoms with Crippen molar-refractivity contribution in [3.63, 3.8) is 0 Å². The fourth-order valence-corrected chi connectivity index (χ4v) is 2.81. The minimum absolute atomic E-state index is 0.0305. The summed E-state index contributed by atoms with van der Waals surface area (Å²) in [6.07, 6.45) is 0.185. The summed E-state index contributed by atoms with van der Waals surface area (Å²) in [5.41, 5.74) is 0.0592. The zero-order chi connectivity index (χ0) is 20.6. The van der Waals surface area contributed by atoms with Crippen LogP contribution in [-0.2, 0) is 19.6 Å². The van der Waals surface area contributed by atoms with Crippen LogP contribution >= 0.6 is 0 Å². The Bertz CT molecular complexity index is 802. The summed E-state index contributed by atoms with van der Waals surface area (Å²) < 4.78 is 31.2. The van der Waals surface area contributed by atoms with Gasteiger partial charge < -0.3 is 10.1 Å². The third-order valence-corrected chi connectivity index (χ3v) is 4.57. The molecule has 0 saturated heterocycles. The van der Waals surface area contributed by atoms with Crippen molar-refractivity contribution < 1.29 is 27.5 Å². The average molecular weight is 397 g/mol. The molecule has 0 radical (unpaired) electrons. The van der Waals surface area contributed by atoms with Gasteiger partial charge >= 0.3 is 12.0 Å². The molecule has 1 rings (SSSR count). The van der Waals surface area contributed by atoms with Gasteiger partial charge in [-0.05, 0) is 45.0 Å². The number of esters is 1. The maximum atomic E-state index is 12.1. The van der Waals surface area contributed by atoms with E-state index < -0.39 is 34.0 Å². The number of amides is 3. The van der Waals surface area contributed by atoms with Gasteiger partial charge in [-0.1, -0.05) is 6.08 Å². The van der Waals surface area contributed by atoms with Crippen LogP contribution in [0.3, 0.4) is 0 Å². The summed E-state index contributed by atoms with van der Waals surface area (Å²) in [7, 11) is -3.71. The molecule has 3 amide bonds. The smallest absolute Gasteiger partial charge is 0.338 e. The van der Waals surface area contributed by atoms with Gasteiger partial charge in [-0.15, -0.1) is 6.58 Å². The van der Waals surface area contributed by atoms with Crippen molar-refractivity contribution in [2.45, 2.75) is 37.8 Å². The summed E-state index contributed by atoms with van der Waals surface area (Å²) in [5, 5.41) is 4.52. The summed E-state index contributed by atoms with van der Waals surface area (Å²) in [4.78, 5) is 35.4. The maximum Gasteiger partial charge on any atom is 0.338 e. The molecule has 27 heavy (non-hydrogen) atoms. The van der Waals surface area contributed by atoms with E-state index in [9.17, 15) is 22.8 Å².